The molecule has 0 saturated heterocycles. The number of aliphatic hydroxyl groups excluding tert-OH is 1. The van der Waals surface area contributed by atoms with Crippen LogP contribution in [0.15, 0.2) is 24.3 Å². The first-order valence-electron chi connectivity index (χ1n) is 6.36. The molecule has 1 atom stereocenters. The molecule has 0 radical (unpaired) electrons. The van der Waals surface area contributed by atoms with Crippen LogP contribution in [0.4, 0.5) is 4.39 Å². The lowest BCUT2D eigenvalue weighted by molar-refractivity contribution is 0.0677. The smallest absolute Gasteiger partial charge is 0.356 e. The van der Waals surface area contributed by atoms with Gasteiger partial charge in [0.2, 0.25) is 0 Å². The Morgan fingerprint density at radius 1 is 1.40 bits per heavy atom. The molecule has 0 aliphatic carbocycles. The number of nitrogens with zero attached hydrogens (tertiary/aromatic N) is 2. The first-order chi connectivity index (χ1) is 9.59. The zero-order valence-electron chi connectivity index (χ0n) is 10.6. The minimum atomic E-state index is -1.21. The van der Waals surface area contributed by atoms with Crippen LogP contribution in [0.3, 0.4) is 0 Å². The van der Waals surface area contributed by atoms with Crippen molar-refractivity contribution in [3.63, 3.8) is 0 Å². The number of benzene rings is 1. The van der Waals surface area contributed by atoms with Crippen LogP contribution in [-0.4, -0.2) is 25.7 Å². The Hall–Kier alpha value is -2.21. The topological polar surface area (TPSA) is 75.3 Å². The Kier molecular flexibility index (Phi) is 3.02. The zero-order valence-corrected chi connectivity index (χ0v) is 10.6. The summed E-state index contributed by atoms with van der Waals surface area (Å²) in [5, 5.41) is 19.2. The molecule has 1 aliphatic heterocycles. The number of rotatable bonds is 2. The van der Waals surface area contributed by atoms with E-state index in [0.717, 1.165) is 0 Å². The molecule has 0 spiro atoms. The molecule has 2 N–H and O–H groups in total. The number of fused-ring (bicyclic) bond motifs is 1. The zero-order chi connectivity index (χ0) is 14.3. The molecular weight excluding hydrogens is 263 g/mol. The van der Waals surface area contributed by atoms with Crippen LogP contribution in [0.5, 0.6) is 0 Å². The van der Waals surface area contributed by atoms with Crippen LogP contribution >= 0.6 is 0 Å². The van der Waals surface area contributed by atoms with Crippen molar-refractivity contribution in [1.29, 1.82) is 0 Å². The molecule has 0 amide bonds. The molecule has 2 heterocycles. The average Bonchev–Trinajstić information content (AvgIpc) is 2.80. The van der Waals surface area contributed by atoms with Gasteiger partial charge in [0.15, 0.2) is 5.69 Å². The molecule has 1 aliphatic rings. The lowest BCUT2D eigenvalue weighted by Crippen LogP contribution is -2.18. The van der Waals surface area contributed by atoms with Gasteiger partial charge in [-0.2, -0.15) is 0 Å². The van der Waals surface area contributed by atoms with E-state index in [-0.39, 0.29) is 22.8 Å². The van der Waals surface area contributed by atoms with Gasteiger partial charge in [-0.15, -0.1) is 0 Å². The highest BCUT2D eigenvalue weighted by molar-refractivity contribution is 5.88. The van der Waals surface area contributed by atoms with Gasteiger partial charge in [-0.05, 0) is 25.0 Å². The predicted molar refractivity (Wildman–Crippen MR) is 68.8 cm³/mol. The van der Waals surface area contributed by atoms with Crippen molar-refractivity contribution in [2.45, 2.75) is 25.5 Å². The fraction of sp³-hybridized carbons (Fsp3) is 0.286. The van der Waals surface area contributed by atoms with E-state index in [1.54, 1.807) is 22.8 Å². The van der Waals surface area contributed by atoms with Gasteiger partial charge in [-0.3, -0.25) is 0 Å². The van der Waals surface area contributed by atoms with Gasteiger partial charge in [-0.25, -0.2) is 14.2 Å². The molecule has 20 heavy (non-hydrogen) atoms. The van der Waals surface area contributed by atoms with Crippen LogP contribution in [-0.2, 0) is 6.54 Å². The van der Waals surface area contributed by atoms with Crippen molar-refractivity contribution in [2.75, 3.05) is 0 Å². The first kappa shape index (κ1) is 12.8. The van der Waals surface area contributed by atoms with Crippen LogP contribution in [0.25, 0.3) is 11.4 Å². The summed E-state index contributed by atoms with van der Waals surface area (Å²) in [4.78, 5) is 15.3. The highest BCUT2D eigenvalue weighted by Gasteiger charge is 2.30. The third-order valence-corrected chi connectivity index (χ3v) is 3.50. The fourth-order valence-corrected chi connectivity index (χ4v) is 2.61. The quantitative estimate of drug-likeness (QED) is 0.881. The second kappa shape index (κ2) is 4.72. The Morgan fingerprint density at radius 3 is 2.85 bits per heavy atom. The summed E-state index contributed by atoms with van der Waals surface area (Å²) in [7, 11) is 0. The first-order valence-corrected chi connectivity index (χ1v) is 6.36. The molecule has 0 bridgehead atoms. The highest BCUT2D eigenvalue weighted by atomic mass is 19.1. The molecule has 0 fully saturated rings. The fourth-order valence-electron chi connectivity index (χ4n) is 2.61. The van der Waals surface area contributed by atoms with Crippen molar-refractivity contribution >= 4 is 5.97 Å². The lowest BCUT2D eigenvalue weighted by atomic mass is 10.0. The molecule has 2 aromatic rings. The Labute approximate surface area is 114 Å². The van der Waals surface area contributed by atoms with Crippen LogP contribution in [0.2, 0.25) is 0 Å². The summed E-state index contributed by atoms with van der Waals surface area (Å²) in [5.74, 6) is -1.41. The Balaban J connectivity index is 2.25. The van der Waals surface area contributed by atoms with Crippen molar-refractivity contribution in [3.8, 4) is 11.4 Å². The minimum Gasteiger partial charge on any atom is -0.476 e. The van der Waals surface area contributed by atoms with E-state index in [2.05, 4.69) is 4.98 Å². The number of imidazole rings is 1. The molecule has 6 heteroatoms. The van der Waals surface area contributed by atoms with Gasteiger partial charge < -0.3 is 14.8 Å². The third kappa shape index (κ3) is 1.89. The normalized spacial score (nSPS) is 17.8. The summed E-state index contributed by atoms with van der Waals surface area (Å²) in [6.07, 6.45) is 0.316. The number of carboxylic acids is 1. The largest absolute Gasteiger partial charge is 0.476 e. The van der Waals surface area contributed by atoms with Crippen LogP contribution in [0.1, 0.15) is 35.1 Å². The summed E-state index contributed by atoms with van der Waals surface area (Å²) >= 11 is 0. The minimum absolute atomic E-state index is 0.199. The third-order valence-electron chi connectivity index (χ3n) is 3.50. The standard InChI is InChI=1S/C14H13FN2O3/c15-9-5-2-1-4-8(9)13-16-11(14(19)20)12-10(18)6-3-7-17(12)13/h1-2,4-5,10,18H,3,6-7H2,(H,19,20). The van der Waals surface area contributed by atoms with Crippen molar-refractivity contribution in [3.05, 3.63) is 41.5 Å². The van der Waals surface area contributed by atoms with Gasteiger partial charge >= 0.3 is 5.97 Å². The van der Waals surface area contributed by atoms with E-state index in [0.29, 0.717) is 19.4 Å². The van der Waals surface area contributed by atoms with E-state index in [1.807, 2.05) is 0 Å². The van der Waals surface area contributed by atoms with Crippen LogP contribution < -0.4 is 0 Å². The van der Waals surface area contributed by atoms with Gasteiger partial charge in [0.05, 0.1) is 17.4 Å². The maximum Gasteiger partial charge on any atom is 0.356 e. The molecule has 1 aromatic carbocycles. The molecule has 0 saturated carbocycles. The summed E-state index contributed by atoms with van der Waals surface area (Å²) in [6, 6.07) is 6.08. The van der Waals surface area contributed by atoms with E-state index < -0.39 is 17.9 Å². The second-order valence-electron chi connectivity index (χ2n) is 4.76. The predicted octanol–water partition coefficient (Wildman–Crippen LogP) is 2.21. The number of hydrogen-bond acceptors (Lipinski definition) is 3. The molecule has 1 unspecified atom stereocenters. The summed E-state index contributed by atoms with van der Waals surface area (Å²) in [5.41, 5.74) is 0.313. The summed E-state index contributed by atoms with van der Waals surface area (Å²) < 4.78 is 15.5. The van der Waals surface area contributed by atoms with Crippen LogP contribution in [0, 0.1) is 5.82 Å². The number of hydrogen-bond donors (Lipinski definition) is 2. The maximum atomic E-state index is 13.9. The number of carbonyl (C=O) groups is 1. The van der Waals surface area contributed by atoms with Crippen molar-refractivity contribution < 1.29 is 19.4 Å². The number of aliphatic hydroxyl groups is 1. The Bertz CT molecular complexity index is 681. The van der Waals surface area contributed by atoms with Crippen molar-refractivity contribution in [2.24, 2.45) is 0 Å². The molecule has 104 valence electrons. The van der Waals surface area contributed by atoms with E-state index in [4.69, 9.17) is 0 Å². The van der Waals surface area contributed by atoms with Gasteiger partial charge in [0, 0.05) is 6.54 Å². The molecule has 1 aromatic heterocycles. The van der Waals surface area contributed by atoms with Gasteiger partial charge in [0.25, 0.3) is 0 Å². The van der Waals surface area contributed by atoms with Gasteiger partial charge in [0.1, 0.15) is 11.6 Å². The van der Waals surface area contributed by atoms with Gasteiger partial charge in [-0.1, -0.05) is 12.1 Å². The number of carboxylic acid groups (broad SMARTS) is 1. The number of aromatic carboxylic acids is 1. The van der Waals surface area contributed by atoms with Crippen molar-refractivity contribution in [1.82, 2.24) is 9.55 Å². The number of halogens is 1. The maximum absolute atomic E-state index is 13.9. The Morgan fingerprint density at radius 2 is 2.15 bits per heavy atom. The monoisotopic (exact) mass is 276 g/mol. The average molecular weight is 276 g/mol. The number of aromatic nitrogens is 2. The lowest BCUT2D eigenvalue weighted by Gasteiger charge is -2.21. The SMILES string of the molecule is O=C(O)c1nc(-c2ccccc2F)n2c1C(O)CCC2. The molecular formula is C14H13FN2O3. The highest BCUT2D eigenvalue weighted by Crippen LogP contribution is 2.33. The van der Waals surface area contributed by atoms with E-state index in [9.17, 15) is 19.4 Å². The van der Waals surface area contributed by atoms with E-state index >= 15 is 0 Å². The van der Waals surface area contributed by atoms with E-state index in [1.165, 1.54) is 6.07 Å². The summed E-state index contributed by atoms with van der Waals surface area (Å²) in [6.45, 7) is 0.524. The molecule has 5 nitrogen and oxygen atoms in total. The molecule has 3 rings (SSSR count). The second-order valence-corrected chi connectivity index (χ2v) is 4.76.